The lowest BCUT2D eigenvalue weighted by Crippen LogP contribution is -2.37. The summed E-state index contributed by atoms with van der Waals surface area (Å²) in [6.45, 7) is 0.105. The van der Waals surface area contributed by atoms with Gasteiger partial charge < -0.3 is 24.9 Å². The highest BCUT2D eigenvalue weighted by atomic mass is 31.2. The predicted octanol–water partition coefficient (Wildman–Crippen LogP) is 4.32. The van der Waals surface area contributed by atoms with E-state index in [-0.39, 0.29) is 24.9 Å². The second-order valence-electron chi connectivity index (χ2n) is 7.97. The Morgan fingerprint density at radius 2 is 1.41 bits per heavy atom. The second kappa shape index (κ2) is 10.9. The summed E-state index contributed by atoms with van der Waals surface area (Å²) in [5.41, 5.74) is 3.35. The van der Waals surface area contributed by atoms with Crippen LogP contribution in [0.5, 0.6) is 0 Å². The molecule has 2 aromatic rings. The van der Waals surface area contributed by atoms with Gasteiger partial charge in [-0.05, 0) is 42.5 Å². The summed E-state index contributed by atoms with van der Waals surface area (Å²) < 4.78 is 23.0. The molecule has 7 nitrogen and oxygen atoms in total. The van der Waals surface area contributed by atoms with Crippen molar-refractivity contribution in [3.05, 3.63) is 83.4 Å². The maximum Gasteiger partial charge on any atom is 0.340 e. The topological polar surface area (TPSA) is 127 Å². The number of nitrogens with one attached hydrogen (secondary N) is 1. The van der Waals surface area contributed by atoms with Crippen LogP contribution in [0.25, 0.3) is 12.2 Å². The van der Waals surface area contributed by atoms with Crippen molar-refractivity contribution in [1.29, 1.82) is 0 Å². The van der Waals surface area contributed by atoms with Gasteiger partial charge in [0.1, 0.15) is 0 Å². The average molecular weight is 477 g/mol. The first-order valence-corrected chi connectivity index (χ1v) is 13.8. The smallest absolute Gasteiger partial charge is 0.324 e. The predicted molar refractivity (Wildman–Crippen MR) is 127 cm³/mol. The maximum absolute atomic E-state index is 11.5. The van der Waals surface area contributed by atoms with Gasteiger partial charge >= 0.3 is 15.2 Å². The van der Waals surface area contributed by atoms with Crippen LogP contribution < -0.4 is 5.32 Å². The molecule has 0 spiro atoms. The zero-order valence-electron chi connectivity index (χ0n) is 17.6. The Morgan fingerprint density at radius 1 is 0.844 bits per heavy atom. The Labute approximate surface area is 188 Å². The van der Waals surface area contributed by atoms with E-state index in [2.05, 4.69) is 53.9 Å². The van der Waals surface area contributed by atoms with Crippen LogP contribution in [-0.2, 0) is 9.13 Å². The number of allylic oxidation sites excluding steroid dienone is 1. The molecule has 0 amide bonds. The van der Waals surface area contributed by atoms with Gasteiger partial charge in [0.25, 0.3) is 0 Å². The monoisotopic (exact) mass is 477 g/mol. The Bertz CT molecular complexity index is 1000. The summed E-state index contributed by atoms with van der Waals surface area (Å²) in [5, 5.41) is 1.28. The van der Waals surface area contributed by atoms with E-state index in [1.807, 2.05) is 30.3 Å². The van der Waals surface area contributed by atoms with Crippen LogP contribution in [0.3, 0.4) is 0 Å². The van der Waals surface area contributed by atoms with Gasteiger partial charge in [0.15, 0.2) is 5.40 Å². The Kier molecular flexibility index (Phi) is 8.43. The van der Waals surface area contributed by atoms with Crippen molar-refractivity contribution < 1.29 is 28.7 Å². The second-order valence-corrected chi connectivity index (χ2v) is 12.0. The first-order chi connectivity index (χ1) is 15.1. The van der Waals surface area contributed by atoms with Gasteiger partial charge in [0.2, 0.25) is 0 Å². The third-order valence-corrected chi connectivity index (χ3v) is 9.52. The van der Waals surface area contributed by atoms with Crippen molar-refractivity contribution in [2.45, 2.75) is 36.6 Å². The molecule has 0 aromatic heterocycles. The van der Waals surface area contributed by atoms with E-state index in [4.69, 9.17) is 0 Å². The van der Waals surface area contributed by atoms with E-state index in [9.17, 15) is 28.7 Å². The molecule has 5 N–H and O–H groups in total. The molecule has 3 rings (SSSR count). The standard InChI is InChI=1S/C23H29NO6P2/c25-31(26,27)23(32(28,29)30)16-17-24-22-9-5-4-8-21(22)20-14-12-19(13-15-20)11-10-18-6-2-1-3-7-18/h1-7,10-15,21-24H,8-9,16-17H2,(H2,25,26,27)(H2,28,29,30)/b11-10+/t21-,22+/m1/s1. The van der Waals surface area contributed by atoms with E-state index in [1.54, 1.807) is 0 Å². The Hall–Kier alpha value is -1.82. The Morgan fingerprint density at radius 3 is 2.00 bits per heavy atom. The van der Waals surface area contributed by atoms with E-state index in [0.29, 0.717) is 0 Å². The molecule has 2 aromatic carbocycles. The summed E-state index contributed by atoms with van der Waals surface area (Å²) in [6.07, 6.45) is 9.52. The minimum Gasteiger partial charge on any atom is -0.324 e. The summed E-state index contributed by atoms with van der Waals surface area (Å²) in [6, 6.07) is 18.3. The van der Waals surface area contributed by atoms with Gasteiger partial charge in [-0.3, -0.25) is 9.13 Å². The molecule has 9 heteroatoms. The molecule has 0 unspecified atom stereocenters. The third-order valence-electron chi connectivity index (χ3n) is 5.65. The molecule has 2 atom stereocenters. The lowest BCUT2D eigenvalue weighted by Gasteiger charge is -2.30. The van der Waals surface area contributed by atoms with Crippen molar-refractivity contribution in [2.75, 3.05) is 6.54 Å². The number of benzene rings is 2. The van der Waals surface area contributed by atoms with E-state index >= 15 is 0 Å². The first kappa shape index (κ1) is 24.8. The molecular formula is C23H29NO6P2. The molecule has 0 radical (unpaired) electrons. The SMILES string of the molecule is O=P(O)(O)C(CCN[C@H]1CC=CC[C@@H]1c1ccc(/C=C/c2ccccc2)cc1)P(=O)(O)O. The van der Waals surface area contributed by atoms with Crippen molar-refractivity contribution in [3.63, 3.8) is 0 Å². The molecule has 0 bridgehead atoms. The van der Waals surface area contributed by atoms with Crippen molar-refractivity contribution in [2.24, 2.45) is 0 Å². The van der Waals surface area contributed by atoms with E-state index in [1.165, 1.54) is 0 Å². The molecule has 1 aliphatic carbocycles. The van der Waals surface area contributed by atoms with Crippen LogP contribution >= 0.6 is 15.2 Å². The van der Waals surface area contributed by atoms with Gasteiger partial charge in [-0.15, -0.1) is 0 Å². The molecule has 0 aliphatic heterocycles. The Balaban J connectivity index is 1.64. The van der Waals surface area contributed by atoms with Gasteiger partial charge in [-0.25, -0.2) is 0 Å². The summed E-state index contributed by atoms with van der Waals surface area (Å²) in [4.78, 5) is 37.2. The highest BCUT2D eigenvalue weighted by Gasteiger charge is 2.42. The zero-order chi connectivity index (χ0) is 23.2. The van der Waals surface area contributed by atoms with Crippen LogP contribution in [-0.4, -0.2) is 37.6 Å². The quantitative estimate of drug-likeness (QED) is 0.207. The van der Waals surface area contributed by atoms with Crippen LogP contribution in [0.15, 0.2) is 66.7 Å². The van der Waals surface area contributed by atoms with Crippen LogP contribution in [0, 0.1) is 0 Å². The van der Waals surface area contributed by atoms with Gasteiger partial charge in [0, 0.05) is 12.0 Å². The summed E-state index contributed by atoms with van der Waals surface area (Å²) in [5.74, 6) is 0.163. The highest BCUT2D eigenvalue weighted by molar-refractivity contribution is 7.70. The fraction of sp³-hybridized carbons (Fsp3) is 0.304. The zero-order valence-corrected chi connectivity index (χ0v) is 19.4. The van der Waals surface area contributed by atoms with Crippen molar-refractivity contribution in [1.82, 2.24) is 5.32 Å². The average Bonchev–Trinajstić information content (AvgIpc) is 2.75. The fourth-order valence-corrected chi connectivity index (χ4v) is 6.45. The first-order valence-electron chi connectivity index (χ1n) is 10.5. The number of rotatable bonds is 9. The largest absolute Gasteiger partial charge is 0.340 e. The van der Waals surface area contributed by atoms with Crippen LogP contribution in [0.2, 0.25) is 0 Å². The van der Waals surface area contributed by atoms with Crippen molar-refractivity contribution >= 4 is 27.3 Å². The lowest BCUT2D eigenvalue weighted by molar-refractivity contribution is 0.331. The normalized spacial score (nSPS) is 19.7. The van der Waals surface area contributed by atoms with Gasteiger partial charge in [-0.2, -0.15) is 0 Å². The number of hydrogen-bond donors (Lipinski definition) is 5. The molecule has 0 fully saturated rings. The maximum atomic E-state index is 11.5. The van der Waals surface area contributed by atoms with Gasteiger partial charge in [-0.1, -0.05) is 78.9 Å². The minimum atomic E-state index is -4.90. The van der Waals surface area contributed by atoms with Crippen LogP contribution in [0.4, 0.5) is 0 Å². The molecular weight excluding hydrogens is 448 g/mol. The fourth-order valence-electron chi connectivity index (χ4n) is 3.95. The van der Waals surface area contributed by atoms with Crippen molar-refractivity contribution in [3.8, 4) is 0 Å². The number of hydrogen-bond acceptors (Lipinski definition) is 3. The molecule has 0 heterocycles. The molecule has 0 saturated carbocycles. The minimum absolute atomic E-state index is 0.0138. The van der Waals surface area contributed by atoms with E-state index in [0.717, 1.165) is 29.5 Å². The summed E-state index contributed by atoms with van der Waals surface area (Å²) in [7, 11) is -9.80. The molecule has 1 aliphatic rings. The van der Waals surface area contributed by atoms with E-state index < -0.39 is 20.6 Å². The lowest BCUT2D eigenvalue weighted by atomic mass is 9.83. The molecule has 0 saturated heterocycles. The van der Waals surface area contributed by atoms with Gasteiger partial charge in [0.05, 0.1) is 0 Å². The molecule has 172 valence electrons. The summed E-state index contributed by atoms with van der Waals surface area (Å²) >= 11 is 0. The highest BCUT2D eigenvalue weighted by Crippen LogP contribution is 2.61. The third kappa shape index (κ3) is 7.09. The van der Waals surface area contributed by atoms with Crippen LogP contribution in [0.1, 0.15) is 41.9 Å². The molecule has 32 heavy (non-hydrogen) atoms.